The molecule has 7 heteroatoms. The second-order valence-corrected chi connectivity index (χ2v) is 7.57. The summed E-state index contributed by atoms with van der Waals surface area (Å²) in [5.41, 5.74) is 0.434. The zero-order chi connectivity index (χ0) is 17.2. The highest BCUT2D eigenvalue weighted by Crippen LogP contribution is 2.38. The molecule has 1 aromatic carbocycles. The Hall–Kier alpha value is -1.61. The first-order valence-corrected chi connectivity index (χ1v) is 9.31. The summed E-state index contributed by atoms with van der Waals surface area (Å²) in [4.78, 5) is 17.0. The van der Waals surface area contributed by atoms with E-state index in [2.05, 4.69) is 16.4 Å². The first kappa shape index (κ1) is 17.2. The van der Waals surface area contributed by atoms with E-state index < -0.39 is 5.41 Å². The maximum atomic E-state index is 12.6. The molecular formula is C17H15Cl2N3OS. The number of rotatable bonds is 3. The number of nitriles is 1. The van der Waals surface area contributed by atoms with Crippen LogP contribution in [0.3, 0.4) is 0 Å². The van der Waals surface area contributed by atoms with Crippen LogP contribution in [0, 0.1) is 16.7 Å². The number of nitrogens with zero attached hydrogens (tertiary/aromatic N) is 2. The van der Waals surface area contributed by atoms with Crippen LogP contribution in [0.4, 0.5) is 5.13 Å². The van der Waals surface area contributed by atoms with Gasteiger partial charge in [-0.25, -0.2) is 4.98 Å². The highest BCUT2D eigenvalue weighted by molar-refractivity contribution is 7.14. The van der Waals surface area contributed by atoms with Gasteiger partial charge in [0, 0.05) is 16.0 Å². The van der Waals surface area contributed by atoms with Crippen molar-refractivity contribution in [2.24, 2.45) is 5.41 Å². The molecule has 24 heavy (non-hydrogen) atoms. The number of halogens is 2. The summed E-state index contributed by atoms with van der Waals surface area (Å²) in [5.74, 6) is -0.261. The van der Waals surface area contributed by atoms with Crippen molar-refractivity contribution >= 4 is 45.6 Å². The van der Waals surface area contributed by atoms with Crippen molar-refractivity contribution in [2.75, 3.05) is 5.32 Å². The van der Waals surface area contributed by atoms with Crippen molar-refractivity contribution < 1.29 is 4.79 Å². The molecule has 0 radical (unpaired) electrons. The van der Waals surface area contributed by atoms with E-state index in [-0.39, 0.29) is 5.91 Å². The Bertz CT molecular complexity index is 806. The lowest BCUT2D eigenvalue weighted by Crippen LogP contribution is -2.36. The standard InChI is InChI=1S/C17H15Cl2N3OS/c18-11-4-5-13(19)12(8-11)14-9-24-16(21-14)22-15(23)17(10-20)6-2-1-3-7-17/h4-5,8-9H,1-3,6-7H2,(H,21,22,23). The average molecular weight is 380 g/mol. The SMILES string of the molecule is N#CC1(C(=O)Nc2nc(-c3cc(Cl)ccc3Cl)cs2)CCCCC1. The van der Waals surface area contributed by atoms with E-state index in [0.29, 0.717) is 39.3 Å². The Labute approximate surface area is 154 Å². The maximum Gasteiger partial charge on any atom is 0.246 e. The molecule has 1 saturated carbocycles. The fourth-order valence-electron chi connectivity index (χ4n) is 2.91. The van der Waals surface area contributed by atoms with Crippen LogP contribution in [0.2, 0.25) is 10.0 Å². The summed E-state index contributed by atoms with van der Waals surface area (Å²) in [6.07, 6.45) is 4.09. The normalized spacial score (nSPS) is 16.4. The molecule has 3 rings (SSSR count). The second-order valence-electron chi connectivity index (χ2n) is 5.87. The Morgan fingerprint density at radius 1 is 1.29 bits per heavy atom. The van der Waals surface area contributed by atoms with Gasteiger partial charge in [-0.2, -0.15) is 5.26 Å². The van der Waals surface area contributed by atoms with E-state index in [1.807, 2.05) is 5.38 Å². The van der Waals surface area contributed by atoms with E-state index in [4.69, 9.17) is 23.2 Å². The summed E-state index contributed by atoms with van der Waals surface area (Å²) >= 11 is 13.5. The van der Waals surface area contributed by atoms with Crippen LogP contribution in [0.1, 0.15) is 32.1 Å². The Morgan fingerprint density at radius 3 is 2.75 bits per heavy atom. The molecule has 2 aromatic rings. The summed E-state index contributed by atoms with van der Waals surface area (Å²) in [6.45, 7) is 0. The third kappa shape index (κ3) is 3.41. The predicted octanol–water partition coefficient (Wildman–Crippen LogP) is 5.53. The first-order valence-electron chi connectivity index (χ1n) is 7.68. The number of benzene rings is 1. The van der Waals surface area contributed by atoms with Gasteiger partial charge in [0.05, 0.1) is 16.8 Å². The van der Waals surface area contributed by atoms with E-state index in [1.54, 1.807) is 18.2 Å². The van der Waals surface area contributed by atoms with Gasteiger partial charge in [0.15, 0.2) is 5.13 Å². The quantitative estimate of drug-likeness (QED) is 0.761. The number of amides is 1. The molecule has 1 N–H and O–H groups in total. The predicted molar refractivity (Wildman–Crippen MR) is 97.3 cm³/mol. The average Bonchev–Trinajstić information content (AvgIpc) is 3.06. The molecule has 1 aliphatic carbocycles. The van der Waals surface area contributed by atoms with Crippen molar-refractivity contribution in [1.29, 1.82) is 5.26 Å². The molecular weight excluding hydrogens is 365 g/mol. The smallest absolute Gasteiger partial charge is 0.246 e. The van der Waals surface area contributed by atoms with Crippen molar-refractivity contribution in [3.8, 4) is 17.3 Å². The van der Waals surface area contributed by atoms with Crippen LogP contribution in [0.25, 0.3) is 11.3 Å². The van der Waals surface area contributed by atoms with Crippen LogP contribution in [-0.2, 0) is 4.79 Å². The number of carbonyl (C=O) groups is 1. The first-order chi connectivity index (χ1) is 11.5. The van der Waals surface area contributed by atoms with Crippen molar-refractivity contribution in [3.63, 3.8) is 0 Å². The topological polar surface area (TPSA) is 65.8 Å². The molecule has 124 valence electrons. The third-order valence-electron chi connectivity index (χ3n) is 4.28. The summed E-state index contributed by atoms with van der Waals surface area (Å²) in [6, 6.07) is 7.38. The molecule has 1 fully saturated rings. The fraction of sp³-hybridized carbons (Fsp3) is 0.353. The minimum absolute atomic E-state index is 0.261. The molecule has 1 amide bonds. The minimum Gasteiger partial charge on any atom is -0.301 e. The summed E-state index contributed by atoms with van der Waals surface area (Å²) < 4.78 is 0. The van der Waals surface area contributed by atoms with Crippen LogP contribution in [-0.4, -0.2) is 10.9 Å². The molecule has 1 heterocycles. The second kappa shape index (κ2) is 7.10. The monoisotopic (exact) mass is 379 g/mol. The Balaban J connectivity index is 1.80. The van der Waals surface area contributed by atoms with Gasteiger partial charge in [-0.3, -0.25) is 4.79 Å². The van der Waals surface area contributed by atoms with Crippen LogP contribution >= 0.6 is 34.5 Å². The Kier molecular flexibility index (Phi) is 5.09. The molecule has 0 unspecified atom stereocenters. The van der Waals surface area contributed by atoms with Gasteiger partial charge in [-0.15, -0.1) is 11.3 Å². The number of hydrogen-bond acceptors (Lipinski definition) is 4. The zero-order valence-electron chi connectivity index (χ0n) is 12.8. The molecule has 0 bridgehead atoms. The maximum absolute atomic E-state index is 12.6. The molecule has 1 aliphatic rings. The van der Waals surface area contributed by atoms with Gasteiger partial charge in [0.25, 0.3) is 0 Å². The summed E-state index contributed by atoms with van der Waals surface area (Å²) in [7, 11) is 0. The minimum atomic E-state index is -0.933. The molecule has 1 aromatic heterocycles. The van der Waals surface area contributed by atoms with Crippen molar-refractivity contribution in [3.05, 3.63) is 33.6 Å². The van der Waals surface area contributed by atoms with Gasteiger partial charge in [0.2, 0.25) is 5.91 Å². The lowest BCUT2D eigenvalue weighted by molar-refractivity contribution is -0.124. The molecule has 0 saturated heterocycles. The number of nitrogens with one attached hydrogen (secondary N) is 1. The number of thiazole rings is 1. The third-order valence-corrected chi connectivity index (χ3v) is 5.61. The van der Waals surface area contributed by atoms with Crippen molar-refractivity contribution in [2.45, 2.75) is 32.1 Å². The molecule has 0 aliphatic heterocycles. The van der Waals surface area contributed by atoms with Gasteiger partial charge in [-0.05, 0) is 31.0 Å². The van der Waals surface area contributed by atoms with Crippen LogP contribution in [0.15, 0.2) is 23.6 Å². The lowest BCUT2D eigenvalue weighted by Gasteiger charge is -2.28. The number of aromatic nitrogens is 1. The van der Waals surface area contributed by atoms with Gasteiger partial charge in [0.1, 0.15) is 5.41 Å². The van der Waals surface area contributed by atoms with Gasteiger partial charge in [-0.1, -0.05) is 42.5 Å². The zero-order valence-corrected chi connectivity index (χ0v) is 15.1. The fourth-order valence-corrected chi connectivity index (χ4v) is 4.00. The summed E-state index contributed by atoms with van der Waals surface area (Å²) in [5, 5.41) is 15.7. The van der Waals surface area contributed by atoms with E-state index in [1.165, 1.54) is 11.3 Å². The largest absolute Gasteiger partial charge is 0.301 e. The van der Waals surface area contributed by atoms with Gasteiger partial charge >= 0.3 is 0 Å². The lowest BCUT2D eigenvalue weighted by atomic mass is 9.74. The van der Waals surface area contributed by atoms with E-state index >= 15 is 0 Å². The van der Waals surface area contributed by atoms with Gasteiger partial charge < -0.3 is 5.32 Å². The van der Waals surface area contributed by atoms with E-state index in [0.717, 1.165) is 19.3 Å². The number of carbonyl (C=O) groups excluding carboxylic acids is 1. The Morgan fingerprint density at radius 2 is 2.04 bits per heavy atom. The highest BCUT2D eigenvalue weighted by atomic mass is 35.5. The van der Waals surface area contributed by atoms with Crippen LogP contribution < -0.4 is 5.32 Å². The number of anilines is 1. The van der Waals surface area contributed by atoms with Crippen LogP contribution in [0.5, 0.6) is 0 Å². The van der Waals surface area contributed by atoms with Crippen molar-refractivity contribution in [1.82, 2.24) is 4.98 Å². The highest BCUT2D eigenvalue weighted by Gasteiger charge is 2.40. The molecule has 0 spiro atoms. The molecule has 4 nitrogen and oxygen atoms in total. The number of hydrogen-bond donors (Lipinski definition) is 1. The molecule has 0 atom stereocenters. The van der Waals surface area contributed by atoms with E-state index in [9.17, 15) is 10.1 Å².